The number of carbonyl (C=O) groups is 2. The van der Waals surface area contributed by atoms with Crippen molar-refractivity contribution in [1.82, 2.24) is 9.21 Å². The zero-order valence-corrected chi connectivity index (χ0v) is 21.6. The summed E-state index contributed by atoms with van der Waals surface area (Å²) >= 11 is 11.9. The van der Waals surface area contributed by atoms with Crippen LogP contribution in [0.5, 0.6) is 0 Å². The molecule has 1 N–H and O–H groups in total. The van der Waals surface area contributed by atoms with E-state index in [2.05, 4.69) is 5.32 Å². The van der Waals surface area contributed by atoms with E-state index >= 15 is 0 Å². The summed E-state index contributed by atoms with van der Waals surface area (Å²) < 4.78 is 27.4. The van der Waals surface area contributed by atoms with Crippen LogP contribution in [0.2, 0.25) is 10.0 Å². The zero-order valence-electron chi connectivity index (χ0n) is 19.3. The van der Waals surface area contributed by atoms with Crippen LogP contribution in [0.1, 0.15) is 42.6 Å². The third-order valence-electron chi connectivity index (χ3n) is 5.95. The Morgan fingerprint density at radius 2 is 1.79 bits per heavy atom. The number of hydrogen-bond donors (Lipinski definition) is 1. The van der Waals surface area contributed by atoms with Gasteiger partial charge < -0.3 is 10.2 Å². The van der Waals surface area contributed by atoms with Crippen molar-refractivity contribution in [2.75, 3.05) is 31.5 Å². The molecule has 7 nitrogen and oxygen atoms in total. The highest BCUT2D eigenvalue weighted by atomic mass is 35.5. The van der Waals surface area contributed by atoms with Crippen molar-refractivity contribution < 1.29 is 18.0 Å². The SMILES string of the molecule is CCN(CC)C(=O)c1ccccc1NC(=O)[C@H]1CCCN(S(=O)(=O)Cc2ccc(Cl)c(Cl)c2)C1. The maximum atomic E-state index is 13.1. The summed E-state index contributed by atoms with van der Waals surface area (Å²) in [5.74, 6) is -1.20. The van der Waals surface area contributed by atoms with Crippen LogP contribution in [0.3, 0.4) is 0 Å². The van der Waals surface area contributed by atoms with Gasteiger partial charge in [0, 0.05) is 26.2 Å². The number of hydrogen-bond acceptors (Lipinski definition) is 4. The number of para-hydroxylation sites is 1. The molecule has 0 radical (unpaired) electrons. The first-order valence-electron chi connectivity index (χ1n) is 11.3. The van der Waals surface area contributed by atoms with Gasteiger partial charge in [-0.3, -0.25) is 9.59 Å². The Morgan fingerprint density at radius 3 is 2.47 bits per heavy atom. The first kappa shape index (κ1) is 26.5. The zero-order chi connectivity index (χ0) is 24.9. The molecule has 2 aromatic rings. The van der Waals surface area contributed by atoms with Gasteiger partial charge in [0.05, 0.1) is 33.0 Å². The van der Waals surface area contributed by atoms with Gasteiger partial charge in [0.2, 0.25) is 15.9 Å². The van der Waals surface area contributed by atoms with E-state index in [9.17, 15) is 18.0 Å². The van der Waals surface area contributed by atoms with Gasteiger partial charge in [-0.25, -0.2) is 12.7 Å². The Kier molecular flexibility index (Phi) is 8.98. The van der Waals surface area contributed by atoms with Gasteiger partial charge in [0.25, 0.3) is 5.91 Å². The summed E-state index contributed by atoms with van der Waals surface area (Å²) in [6.07, 6.45) is 1.13. The maximum absolute atomic E-state index is 13.1. The minimum absolute atomic E-state index is 0.0850. The van der Waals surface area contributed by atoms with E-state index < -0.39 is 15.9 Å². The highest BCUT2D eigenvalue weighted by Gasteiger charge is 2.33. The summed E-state index contributed by atoms with van der Waals surface area (Å²) in [7, 11) is -3.65. The van der Waals surface area contributed by atoms with Crippen molar-refractivity contribution in [3.05, 3.63) is 63.6 Å². The summed E-state index contributed by atoms with van der Waals surface area (Å²) in [6, 6.07) is 11.6. The van der Waals surface area contributed by atoms with Gasteiger partial charge in [-0.05, 0) is 56.5 Å². The van der Waals surface area contributed by atoms with Crippen molar-refractivity contribution >= 4 is 50.7 Å². The molecule has 1 aliphatic heterocycles. The summed E-state index contributed by atoms with van der Waals surface area (Å²) in [5, 5.41) is 3.51. The molecular weight excluding hydrogens is 497 g/mol. The van der Waals surface area contributed by atoms with Crippen LogP contribution in [0, 0.1) is 5.92 Å². The van der Waals surface area contributed by atoms with Crippen molar-refractivity contribution in [3.63, 3.8) is 0 Å². The van der Waals surface area contributed by atoms with Gasteiger partial charge in [-0.15, -0.1) is 0 Å². The van der Waals surface area contributed by atoms with E-state index in [-0.39, 0.29) is 24.1 Å². The number of benzene rings is 2. The van der Waals surface area contributed by atoms with Gasteiger partial charge in [0.1, 0.15) is 0 Å². The molecule has 0 saturated carbocycles. The van der Waals surface area contributed by atoms with Gasteiger partial charge in [-0.2, -0.15) is 0 Å². The van der Waals surface area contributed by atoms with Crippen molar-refractivity contribution in [3.8, 4) is 0 Å². The Balaban J connectivity index is 1.71. The molecule has 2 amide bonds. The second kappa shape index (κ2) is 11.5. The van der Waals surface area contributed by atoms with E-state index in [1.54, 1.807) is 47.4 Å². The van der Waals surface area contributed by atoms with Crippen LogP contribution >= 0.6 is 23.2 Å². The molecule has 10 heteroatoms. The summed E-state index contributed by atoms with van der Waals surface area (Å²) in [4.78, 5) is 27.6. The van der Waals surface area contributed by atoms with Crippen LogP contribution in [-0.4, -0.2) is 55.6 Å². The Hall–Kier alpha value is -2.13. The normalized spacial score (nSPS) is 16.8. The number of halogens is 2. The predicted molar refractivity (Wildman–Crippen MR) is 136 cm³/mol. The van der Waals surface area contributed by atoms with E-state index in [1.807, 2.05) is 13.8 Å². The van der Waals surface area contributed by atoms with Gasteiger partial charge in [0.15, 0.2) is 0 Å². The van der Waals surface area contributed by atoms with Crippen LogP contribution in [0.25, 0.3) is 0 Å². The number of amides is 2. The molecule has 2 aromatic carbocycles. The quantitative estimate of drug-likeness (QED) is 0.543. The van der Waals surface area contributed by atoms with Crippen molar-refractivity contribution in [2.24, 2.45) is 5.92 Å². The van der Waals surface area contributed by atoms with Gasteiger partial charge in [-0.1, -0.05) is 41.4 Å². The molecule has 1 heterocycles. The number of anilines is 1. The lowest BCUT2D eigenvalue weighted by molar-refractivity contribution is -0.120. The number of nitrogens with one attached hydrogen (secondary N) is 1. The number of carbonyl (C=O) groups excluding carboxylic acids is 2. The molecular formula is C24H29Cl2N3O4S. The van der Waals surface area contributed by atoms with Crippen LogP contribution < -0.4 is 5.32 Å². The second-order valence-corrected chi connectivity index (χ2v) is 11.0. The molecule has 0 aromatic heterocycles. The fourth-order valence-electron chi connectivity index (χ4n) is 4.03. The van der Waals surface area contributed by atoms with Crippen LogP contribution in [-0.2, 0) is 20.6 Å². The lowest BCUT2D eigenvalue weighted by atomic mass is 9.98. The highest BCUT2D eigenvalue weighted by Crippen LogP contribution is 2.27. The van der Waals surface area contributed by atoms with Crippen LogP contribution in [0.4, 0.5) is 5.69 Å². The van der Waals surface area contributed by atoms with E-state index in [4.69, 9.17) is 23.2 Å². The molecule has 0 spiro atoms. The Bertz CT molecular complexity index is 1150. The molecule has 184 valence electrons. The van der Waals surface area contributed by atoms with Crippen molar-refractivity contribution in [2.45, 2.75) is 32.4 Å². The largest absolute Gasteiger partial charge is 0.339 e. The Labute approximate surface area is 211 Å². The number of sulfonamides is 1. The average Bonchev–Trinajstić information content (AvgIpc) is 2.82. The predicted octanol–water partition coefficient (Wildman–Crippen LogP) is 4.66. The van der Waals surface area contributed by atoms with Crippen molar-refractivity contribution in [1.29, 1.82) is 0 Å². The lowest BCUT2D eigenvalue weighted by Gasteiger charge is -2.31. The molecule has 0 bridgehead atoms. The first-order valence-corrected chi connectivity index (χ1v) is 13.6. The molecule has 1 fully saturated rings. The number of nitrogens with zero attached hydrogens (tertiary/aromatic N) is 2. The molecule has 0 aliphatic carbocycles. The van der Waals surface area contributed by atoms with Gasteiger partial charge >= 0.3 is 0 Å². The second-order valence-electron chi connectivity index (χ2n) is 8.21. The average molecular weight is 526 g/mol. The molecule has 0 unspecified atom stereocenters. The third kappa shape index (κ3) is 6.30. The highest BCUT2D eigenvalue weighted by molar-refractivity contribution is 7.88. The lowest BCUT2D eigenvalue weighted by Crippen LogP contribution is -2.44. The molecule has 1 aliphatic rings. The van der Waals surface area contributed by atoms with Crippen LogP contribution in [0.15, 0.2) is 42.5 Å². The van der Waals surface area contributed by atoms with E-state index in [0.29, 0.717) is 59.3 Å². The molecule has 1 saturated heterocycles. The van der Waals surface area contributed by atoms with E-state index in [0.717, 1.165) is 0 Å². The fourth-order valence-corrected chi connectivity index (χ4v) is 5.95. The monoisotopic (exact) mass is 525 g/mol. The topological polar surface area (TPSA) is 86.8 Å². The fraction of sp³-hybridized carbons (Fsp3) is 0.417. The molecule has 1 atom stereocenters. The molecule has 34 heavy (non-hydrogen) atoms. The Morgan fingerprint density at radius 1 is 1.09 bits per heavy atom. The third-order valence-corrected chi connectivity index (χ3v) is 8.50. The summed E-state index contributed by atoms with van der Waals surface area (Å²) in [5.41, 5.74) is 1.38. The van der Waals surface area contributed by atoms with E-state index in [1.165, 1.54) is 4.31 Å². The number of piperidine rings is 1. The summed E-state index contributed by atoms with van der Waals surface area (Å²) in [6.45, 7) is 5.36. The molecule has 3 rings (SSSR count). The first-order chi connectivity index (χ1) is 16.2. The minimum Gasteiger partial charge on any atom is -0.339 e. The standard InChI is InChI=1S/C24H29Cl2N3O4S/c1-3-28(4-2)24(31)19-9-5-6-10-22(19)27-23(30)18-8-7-13-29(15-18)34(32,33)16-17-11-12-20(25)21(26)14-17/h5-6,9-12,14,18H,3-4,7-8,13,15-16H2,1-2H3,(H,27,30)/t18-/m0/s1. The maximum Gasteiger partial charge on any atom is 0.255 e. The smallest absolute Gasteiger partial charge is 0.255 e. The minimum atomic E-state index is -3.65. The number of rotatable bonds is 8.